The van der Waals surface area contributed by atoms with Gasteiger partial charge in [0.1, 0.15) is 0 Å². The Kier molecular flexibility index (Phi) is 9.31. The van der Waals surface area contributed by atoms with Gasteiger partial charge in [-0.1, -0.05) is 59.1 Å². The first kappa shape index (κ1) is 26.4. The number of hydrogen-bond acceptors (Lipinski definition) is 4. The van der Waals surface area contributed by atoms with E-state index in [-0.39, 0.29) is 12.5 Å². The molecule has 0 fully saturated rings. The molecule has 1 amide bonds. The Labute approximate surface area is 215 Å². The molecule has 0 aromatic heterocycles. The average Bonchev–Trinajstić information content (AvgIpc) is 2.78. The number of benzene rings is 3. The summed E-state index contributed by atoms with van der Waals surface area (Å²) < 4.78 is 26.1. The van der Waals surface area contributed by atoms with E-state index in [1.54, 1.807) is 54.2 Å². The van der Waals surface area contributed by atoms with Crippen molar-refractivity contribution in [1.82, 2.24) is 5.32 Å². The van der Waals surface area contributed by atoms with Gasteiger partial charge in [-0.3, -0.25) is 9.10 Å². The number of rotatable bonds is 10. The Hall–Kier alpha value is -2.19. The Balaban J connectivity index is 1.59. The second kappa shape index (κ2) is 12.0. The van der Waals surface area contributed by atoms with Crippen molar-refractivity contribution in [1.29, 1.82) is 0 Å². The van der Waals surface area contributed by atoms with Crippen LogP contribution < -0.4 is 9.62 Å². The molecule has 9 heteroatoms. The van der Waals surface area contributed by atoms with Crippen LogP contribution in [-0.2, 0) is 22.3 Å². The lowest BCUT2D eigenvalue weighted by Crippen LogP contribution is -2.30. The zero-order chi connectivity index (χ0) is 24.7. The van der Waals surface area contributed by atoms with Gasteiger partial charge in [-0.2, -0.15) is 11.8 Å². The zero-order valence-electron chi connectivity index (χ0n) is 18.9. The zero-order valence-corrected chi connectivity index (χ0v) is 22.1. The molecule has 0 spiro atoms. The highest BCUT2D eigenvalue weighted by Gasteiger charge is 2.21. The molecule has 5 nitrogen and oxygen atoms in total. The fourth-order valence-corrected chi connectivity index (χ4v) is 5.53. The van der Waals surface area contributed by atoms with Gasteiger partial charge in [0.15, 0.2) is 0 Å². The van der Waals surface area contributed by atoms with Gasteiger partial charge < -0.3 is 5.32 Å². The lowest BCUT2D eigenvalue weighted by Gasteiger charge is -2.23. The van der Waals surface area contributed by atoms with E-state index in [0.29, 0.717) is 33.4 Å². The molecule has 3 rings (SSSR count). The third kappa shape index (κ3) is 7.40. The molecule has 0 aliphatic carbocycles. The Morgan fingerprint density at radius 2 is 1.65 bits per heavy atom. The quantitative estimate of drug-likeness (QED) is 0.326. The fourth-order valence-electron chi connectivity index (χ4n) is 3.34. The van der Waals surface area contributed by atoms with Crippen LogP contribution in [0.5, 0.6) is 0 Å². The van der Waals surface area contributed by atoms with Crippen molar-refractivity contribution in [2.75, 3.05) is 22.9 Å². The number of sulfonamides is 1. The Morgan fingerprint density at radius 3 is 2.26 bits per heavy atom. The standard InChI is InChI=1S/C25H26Cl2N2O3S2/c1-18-5-3-6-19(15-18)17-33-14-13-28-25(30)20-9-11-21(12-10-20)29(34(2,31)32)16-22-23(26)7-4-8-24(22)27/h3-12,15H,13-14,16-17H2,1-2H3,(H,28,30). The summed E-state index contributed by atoms with van der Waals surface area (Å²) in [5.41, 5.74) is 3.89. The second-order valence-electron chi connectivity index (χ2n) is 7.81. The number of halogens is 2. The molecule has 0 radical (unpaired) electrons. The molecule has 34 heavy (non-hydrogen) atoms. The third-order valence-electron chi connectivity index (χ3n) is 5.06. The predicted octanol–water partition coefficient (Wildman–Crippen LogP) is 5.93. The lowest BCUT2D eigenvalue weighted by molar-refractivity contribution is 0.0956. The van der Waals surface area contributed by atoms with Crippen molar-refractivity contribution < 1.29 is 13.2 Å². The van der Waals surface area contributed by atoms with Gasteiger partial charge in [0, 0.05) is 39.2 Å². The first-order valence-electron chi connectivity index (χ1n) is 10.6. The van der Waals surface area contributed by atoms with Gasteiger partial charge in [0.25, 0.3) is 5.91 Å². The van der Waals surface area contributed by atoms with Crippen molar-refractivity contribution in [3.05, 3.63) is 99.0 Å². The van der Waals surface area contributed by atoms with Crippen LogP contribution in [0.3, 0.4) is 0 Å². The first-order valence-corrected chi connectivity index (χ1v) is 14.3. The molecular weight excluding hydrogens is 511 g/mol. The number of nitrogens with one attached hydrogen (secondary N) is 1. The van der Waals surface area contributed by atoms with Gasteiger partial charge in [-0.25, -0.2) is 8.42 Å². The van der Waals surface area contributed by atoms with Gasteiger partial charge in [-0.15, -0.1) is 0 Å². The number of nitrogens with zero attached hydrogens (tertiary/aromatic N) is 1. The number of carbonyl (C=O) groups is 1. The van der Waals surface area contributed by atoms with E-state index in [1.807, 2.05) is 6.07 Å². The molecule has 0 aliphatic rings. The number of amides is 1. The van der Waals surface area contributed by atoms with Crippen molar-refractivity contribution >= 4 is 56.6 Å². The smallest absolute Gasteiger partial charge is 0.251 e. The Bertz CT molecular complexity index is 1230. The monoisotopic (exact) mass is 536 g/mol. The molecule has 0 saturated heterocycles. The topological polar surface area (TPSA) is 66.5 Å². The molecular formula is C25H26Cl2N2O3S2. The number of carbonyl (C=O) groups excluding carboxylic acids is 1. The highest BCUT2D eigenvalue weighted by atomic mass is 35.5. The maximum absolute atomic E-state index is 12.5. The van der Waals surface area contributed by atoms with Crippen LogP contribution in [0.25, 0.3) is 0 Å². The molecule has 180 valence electrons. The minimum Gasteiger partial charge on any atom is -0.351 e. The van der Waals surface area contributed by atoms with Crippen LogP contribution in [0.1, 0.15) is 27.0 Å². The fraction of sp³-hybridized carbons (Fsp3) is 0.240. The van der Waals surface area contributed by atoms with E-state index in [2.05, 4.69) is 30.4 Å². The van der Waals surface area contributed by atoms with Crippen LogP contribution in [0.15, 0.2) is 66.7 Å². The van der Waals surface area contributed by atoms with Crippen LogP contribution in [-0.4, -0.2) is 32.9 Å². The highest BCUT2D eigenvalue weighted by Crippen LogP contribution is 2.29. The number of aryl methyl sites for hydroxylation is 1. The molecule has 3 aromatic rings. The van der Waals surface area contributed by atoms with Crippen molar-refractivity contribution in [3.63, 3.8) is 0 Å². The van der Waals surface area contributed by atoms with Crippen LogP contribution in [0, 0.1) is 6.92 Å². The molecule has 0 saturated carbocycles. The number of thioether (sulfide) groups is 1. The minimum absolute atomic E-state index is 0.0129. The van der Waals surface area contributed by atoms with Crippen LogP contribution >= 0.6 is 35.0 Å². The van der Waals surface area contributed by atoms with E-state index in [1.165, 1.54) is 15.4 Å². The largest absolute Gasteiger partial charge is 0.351 e. The van der Waals surface area contributed by atoms with Gasteiger partial charge >= 0.3 is 0 Å². The molecule has 0 unspecified atom stereocenters. The molecule has 0 aliphatic heterocycles. The van der Waals surface area contributed by atoms with Crippen molar-refractivity contribution in [3.8, 4) is 0 Å². The molecule has 3 aromatic carbocycles. The van der Waals surface area contributed by atoms with E-state index in [4.69, 9.17) is 23.2 Å². The van der Waals surface area contributed by atoms with Gasteiger partial charge in [0.05, 0.1) is 18.5 Å². The van der Waals surface area contributed by atoms with Crippen molar-refractivity contribution in [2.45, 2.75) is 19.2 Å². The van der Waals surface area contributed by atoms with Crippen molar-refractivity contribution in [2.24, 2.45) is 0 Å². The van der Waals surface area contributed by atoms with E-state index in [9.17, 15) is 13.2 Å². The van der Waals surface area contributed by atoms with E-state index >= 15 is 0 Å². The summed E-state index contributed by atoms with van der Waals surface area (Å²) in [6.07, 6.45) is 1.12. The molecule has 0 heterocycles. The maximum Gasteiger partial charge on any atom is 0.251 e. The number of anilines is 1. The maximum atomic E-state index is 12.5. The first-order chi connectivity index (χ1) is 16.1. The summed E-state index contributed by atoms with van der Waals surface area (Å²) >= 11 is 14.2. The van der Waals surface area contributed by atoms with Crippen LogP contribution in [0.4, 0.5) is 5.69 Å². The summed E-state index contributed by atoms with van der Waals surface area (Å²) in [6, 6.07) is 19.8. The van der Waals surface area contributed by atoms with Crippen LogP contribution in [0.2, 0.25) is 10.0 Å². The third-order valence-corrected chi connectivity index (χ3v) is 7.94. The summed E-state index contributed by atoms with van der Waals surface area (Å²) in [5.74, 6) is 1.48. The number of hydrogen-bond donors (Lipinski definition) is 1. The van der Waals surface area contributed by atoms with Gasteiger partial charge in [-0.05, 0) is 48.9 Å². The highest BCUT2D eigenvalue weighted by molar-refractivity contribution is 7.98. The normalized spacial score (nSPS) is 11.3. The SMILES string of the molecule is Cc1cccc(CSCCNC(=O)c2ccc(N(Cc3c(Cl)cccc3Cl)S(C)(=O)=O)cc2)c1. The van der Waals surface area contributed by atoms with Gasteiger partial charge in [0.2, 0.25) is 10.0 Å². The Morgan fingerprint density at radius 1 is 1.00 bits per heavy atom. The summed E-state index contributed by atoms with van der Waals surface area (Å²) in [4.78, 5) is 12.5. The molecule has 0 bridgehead atoms. The summed E-state index contributed by atoms with van der Waals surface area (Å²) in [5, 5.41) is 3.68. The summed E-state index contributed by atoms with van der Waals surface area (Å²) in [6.45, 7) is 2.60. The predicted molar refractivity (Wildman–Crippen MR) is 144 cm³/mol. The average molecular weight is 538 g/mol. The molecule has 1 N–H and O–H groups in total. The van der Waals surface area contributed by atoms with E-state index in [0.717, 1.165) is 17.8 Å². The molecule has 0 atom stereocenters. The van der Waals surface area contributed by atoms with E-state index < -0.39 is 10.0 Å². The second-order valence-corrected chi connectivity index (χ2v) is 11.6. The minimum atomic E-state index is -3.62. The summed E-state index contributed by atoms with van der Waals surface area (Å²) in [7, 11) is -3.62. The lowest BCUT2D eigenvalue weighted by atomic mass is 10.1.